The number of rotatable bonds is 13. The minimum atomic E-state index is -0.537. The predicted octanol–water partition coefficient (Wildman–Crippen LogP) is 8.02. The average Bonchev–Trinajstić information content (AvgIpc) is 4.05. The Morgan fingerprint density at radius 3 is 2.29 bits per heavy atom. The van der Waals surface area contributed by atoms with Crippen molar-refractivity contribution < 1.29 is 19.4 Å². The number of carbonyl (C=O) groups is 2. The molecule has 0 spiro atoms. The number of nitrogens with zero attached hydrogens (tertiary/aromatic N) is 4. The number of fused-ring (bicyclic) bond motifs is 1. The zero-order chi connectivity index (χ0) is 38.1. The lowest BCUT2D eigenvalue weighted by Gasteiger charge is -2.30. The number of aromatic amines is 1. The van der Waals surface area contributed by atoms with Crippen LogP contribution in [0.25, 0.3) is 15.4 Å². The second kappa shape index (κ2) is 16.7. The van der Waals surface area contributed by atoms with Crippen molar-refractivity contribution >= 4 is 56.4 Å². The first-order chi connectivity index (χ1) is 26.8. The zero-order valence-corrected chi connectivity index (χ0v) is 33.6. The Morgan fingerprint density at radius 2 is 1.56 bits per heavy atom. The molecule has 0 radical (unpaired) electrons. The first-order valence-electron chi connectivity index (χ1n) is 19.5. The SMILES string of the molecule is COOCN[C@@H](C(=O)N1CCC[C@H]1C1=NC=C(c2ccc(C3=CC4SC(c5cnc([C@@H]6CCCN6C(=O)[C@@H](C)C(C)C)[nH]5)=CC4S3)cc2)C1)c1ccccc1. The molecular formula is C43H50N6O4S2. The number of nitrogens with one attached hydrogen (secondary N) is 2. The standard InChI is InChI=1S/C43H50N6O4S2/c1-26(2)27(3)42(50)49-19-9-13-35(49)41-45-24-33(47-41)37-22-39-38(55-37)21-36(54-39)29-16-14-28(15-17-29)31-20-32(44-23-31)34-12-8-18-48(34)43(51)40(46-25-53-52-4)30-10-6-5-7-11-30/h5-7,10-11,14-17,21-24,26-27,34-35,38-40,46H,8-9,12-13,18-20,25H2,1-4H3,(H,45,47)/t27-,34-,35-,38?,39?,40+/m0/s1. The van der Waals surface area contributed by atoms with E-state index in [4.69, 9.17) is 19.8 Å². The lowest BCUT2D eigenvalue weighted by atomic mass is 9.96. The van der Waals surface area contributed by atoms with E-state index in [-0.39, 0.29) is 36.5 Å². The molecule has 2 unspecified atom stereocenters. The fourth-order valence-electron chi connectivity index (χ4n) is 8.26. The van der Waals surface area contributed by atoms with E-state index in [0.717, 1.165) is 67.0 Å². The summed E-state index contributed by atoms with van der Waals surface area (Å²) in [6, 6.07) is 18.1. The van der Waals surface area contributed by atoms with Crippen LogP contribution in [-0.4, -0.2) is 80.8 Å². The largest absolute Gasteiger partial charge is 0.340 e. The summed E-state index contributed by atoms with van der Waals surface area (Å²) in [5, 5.41) is 3.95. The van der Waals surface area contributed by atoms with Crippen LogP contribution in [0.2, 0.25) is 0 Å². The maximum atomic E-state index is 14.0. The fourth-order valence-corrected chi connectivity index (χ4v) is 11.1. The van der Waals surface area contributed by atoms with Crippen molar-refractivity contribution in [3.8, 4) is 0 Å². The van der Waals surface area contributed by atoms with Gasteiger partial charge in [0.1, 0.15) is 18.6 Å². The van der Waals surface area contributed by atoms with Gasteiger partial charge in [0, 0.05) is 57.7 Å². The number of allylic oxidation sites excluding steroid dienone is 1. The number of aliphatic imine (C=N–C) groups is 1. The Morgan fingerprint density at radius 1 is 0.891 bits per heavy atom. The Hall–Kier alpha value is -3.94. The molecule has 10 nitrogen and oxygen atoms in total. The molecule has 2 saturated heterocycles. The highest BCUT2D eigenvalue weighted by molar-refractivity contribution is 8.14. The van der Waals surface area contributed by atoms with Gasteiger partial charge in [-0.3, -0.25) is 19.9 Å². The molecule has 8 rings (SSSR count). The molecule has 2 amide bonds. The van der Waals surface area contributed by atoms with E-state index in [2.05, 4.69) is 60.6 Å². The summed E-state index contributed by atoms with van der Waals surface area (Å²) in [4.78, 5) is 56.8. The maximum Gasteiger partial charge on any atom is 0.244 e. The predicted molar refractivity (Wildman–Crippen MR) is 221 cm³/mol. The fraction of sp³-hybridized carbons (Fsp3) is 0.442. The highest BCUT2D eigenvalue weighted by Crippen LogP contribution is 2.53. The van der Waals surface area contributed by atoms with Crippen LogP contribution in [0.3, 0.4) is 0 Å². The summed E-state index contributed by atoms with van der Waals surface area (Å²) in [5.74, 6) is 1.49. The maximum absolute atomic E-state index is 14.0. The quantitative estimate of drug-likeness (QED) is 0.0777. The minimum Gasteiger partial charge on any atom is -0.340 e. The van der Waals surface area contributed by atoms with Gasteiger partial charge in [0.2, 0.25) is 11.8 Å². The molecule has 2 N–H and O–H groups in total. The molecule has 2 aromatic carbocycles. The van der Waals surface area contributed by atoms with Crippen LogP contribution < -0.4 is 5.32 Å². The average molecular weight is 779 g/mol. The second-order valence-corrected chi connectivity index (χ2v) is 17.8. The van der Waals surface area contributed by atoms with Gasteiger partial charge >= 0.3 is 0 Å². The highest BCUT2D eigenvalue weighted by atomic mass is 32.2. The summed E-state index contributed by atoms with van der Waals surface area (Å²) in [6.07, 6.45) is 13.3. The van der Waals surface area contributed by atoms with Crippen LogP contribution in [0.5, 0.6) is 0 Å². The van der Waals surface area contributed by atoms with Gasteiger partial charge in [-0.2, -0.15) is 0 Å². The molecule has 2 fully saturated rings. The summed E-state index contributed by atoms with van der Waals surface area (Å²) in [7, 11) is 1.46. The molecule has 1 aromatic heterocycles. The number of thioether (sulfide) groups is 2. The molecule has 0 bridgehead atoms. The van der Waals surface area contributed by atoms with Crippen LogP contribution in [0.4, 0.5) is 0 Å². The van der Waals surface area contributed by atoms with Gasteiger partial charge < -0.3 is 14.8 Å². The number of hydrogen-bond acceptors (Lipinski definition) is 9. The van der Waals surface area contributed by atoms with Crippen molar-refractivity contribution in [2.45, 2.75) is 81.5 Å². The number of imidazole rings is 1. The number of likely N-dealkylation sites (tertiary alicyclic amines) is 2. The molecule has 6 atom stereocenters. The van der Waals surface area contributed by atoms with Gasteiger partial charge in [0.05, 0.1) is 31.1 Å². The van der Waals surface area contributed by atoms with Gasteiger partial charge in [-0.1, -0.05) is 87.5 Å². The van der Waals surface area contributed by atoms with Crippen LogP contribution >= 0.6 is 23.5 Å². The topological polar surface area (TPSA) is 112 Å². The van der Waals surface area contributed by atoms with Gasteiger partial charge in [0.25, 0.3) is 0 Å². The molecular weight excluding hydrogens is 729 g/mol. The monoisotopic (exact) mass is 778 g/mol. The third-order valence-electron chi connectivity index (χ3n) is 11.6. The number of hydrogen-bond donors (Lipinski definition) is 2. The van der Waals surface area contributed by atoms with Crippen LogP contribution in [0.15, 0.2) is 84.1 Å². The van der Waals surface area contributed by atoms with Crippen molar-refractivity contribution in [2.75, 3.05) is 26.9 Å². The summed E-state index contributed by atoms with van der Waals surface area (Å²) in [5.41, 5.74) is 6.56. The van der Waals surface area contributed by atoms with Gasteiger partial charge in [-0.25, -0.2) is 14.8 Å². The Labute approximate surface area is 332 Å². The molecule has 55 heavy (non-hydrogen) atoms. The first kappa shape index (κ1) is 38.0. The molecule has 288 valence electrons. The van der Waals surface area contributed by atoms with Gasteiger partial charge in [-0.05, 0) is 53.9 Å². The lowest BCUT2D eigenvalue weighted by molar-refractivity contribution is -0.278. The van der Waals surface area contributed by atoms with Crippen molar-refractivity contribution in [3.63, 3.8) is 0 Å². The molecule has 6 heterocycles. The van der Waals surface area contributed by atoms with E-state index in [1.165, 1.54) is 28.1 Å². The Balaban J connectivity index is 0.866. The van der Waals surface area contributed by atoms with Crippen LogP contribution in [-0.2, 0) is 19.4 Å². The third kappa shape index (κ3) is 7.89. The van der Waals surface area contributed by atoms with E-state index >= 15 is 0 Å². The number of H-pyrrole nitrogens is 1. The first-order valence-corrected chi connectivity index (χ1v) is 21.3. The van der Waals surface area contributed by atoms with Crippen molar-refractivity contribution in [1.82, 2.24) is 25.1 Å². The second-order valence-electron chi connectivity index (χ2n) is 15.3. The number of benzene rings is 2. The van der Waals surface area contributed by atoms with Gasteiger partial charge in [0.15, 0.2) is 0 Å². The van der Waals surface area contributed by atoms with E-state index < -0.39 is 6.04 Å². The zero-order valence-electron chi connectivity index (χ0n) is 31.9. The third-order valence-corrected chi connectivity index (χ3v) is 14.5. The molecule has 3 aromatic rings. The Kier molecular flexibility index (Phi) is 11.5. The molecule has 0 aliphatic carbocycles. The van der Waals surface area contributed by atoms with E-state index in [1.54, 1.807) is 0 Å². The number of amides is 2. The highest BCUT2D eigenvalue weighted by Gasteiger charge is 2.39. The van der Waals surface area contributed by atoms with Crippen molar-refractivity contribution in [3.05, 3.63) is 107 Å². The molecule has 5 aliphatic rings. The molecule has 12 heteroatoms. The summed E-state index contributed by atoms with van der Waals surface area (Å²) in [6.45, 7) is 7.88. The summed E-state index contributed by atoms with van der Waals surface area (Å²) >= 11 is 3.81. The molecule has 5 aliphatic heterocycles. The number of aromatic nitrogens is 2. The van der Waals surface area contributed by atoms with Crippen LogP contribution in [0.1, 0.15) is 93.2 Å². The smallest absolute Gasteiger partial charge is 0.244 e. The van der Waals surface area contributed by atoms with Gasteiger partial charge in [-0.15, -0.1) is 23.5 Å². The number of carbonyl (C=O) groups excluding carboxylic acids is 2. The van der Waals surface area contributed by atoms with E-state index in [1.807, 2.05) is 83.0 Å². The summed E-state index contributed by atoms with van der Waals surface area (Å²) < 4.78 is 0. The van der Waals surface area contributed by atoms with Crippen molar-refractivity contribution in [2.24, 2.45) is 16.8 Å². The molecule has 0 saturated carbocycles. The van der Waals surface area contributed by atoms with Crippen molar-refractivity contribution in [1.29, 1.82) is 0 Å². The minimum absolute atomic E-state index is 0.00955. The normalized spacial score (nSPS) is 24.5. The van der Waals surface area contributed by atoms with E-state index in [0.29, 0.717) is 23.0 Å². The van der Waals surface area contributed by atoms with Crippen LogP contribution in [0, 0.1) is 11.8 Å². The van der Waals surface area contributed by atoms with E-state index in [9.17, 15) is 9.59 Å². The lowest BCUT2D eigenvalue weighted by Crippen LogP contribution is -2.46. The Bertz CT molecular complexity index is 2010.